The minimum absolute atomic E-state index is 0.0449. The quantitative estimate of drug-likeness (QED) is 0.471. The van der Waals surface area contributed by atoms with Gasteiger partial charge < -0.3 is 26.0 Å². The Morgan fingerprint density at radius 2 is 2.19 bits per heavy atom. The average molecular weight is 393 g/mol. The van der Waals surface area contributed by atoms with E-state index in [1.54, 1.807) is 18.2 Å². The summed E-state index contributed by atoms with van der Waals surface area (Å²) < 4.78 is 5.68. The number of aliphatic hydroxyl groups is 1. The molecule has 3 atom stereocenters. The Kier molecular flexibility index (Phi) is 5.40. The molecule has 0 aromatic heterocycles. The molecule has 1 saturated heterocycles. The first kappa shape index (κ1) is 19.2. The maximum atomic E-state index is 12.2. The number of benzene rings is 1. The minimum atomic E-state index is -1.30. The first-order chi connectivity index (χ1) is 12.8. The fraction of sp³-hybridized carbons (Fsp3) is 0.353. The molecule has 10 heteroatoms. The molecule has 2 aliphatic rings. The number of β-lactam (4-membered cyclic amide) rings is 1. The number of nitrogens with zero attached hydrogens (tertiary/aromatic N) is 1. The van der Waals surface area contributed by atoms with Gasteiger partial charge in [0.2, 0.25) is 5.91 Å². The Bertz CT molecular complexity index is 825. The first-order valence-electron chi connectivity index (χ1n) is 8.26. The van der Waals surface area contributed by atoms with Gasteiger partial charge in [-0.1, -0.05) is 17.8 Å². The topological polar surface area (TPSA) is 142 Å². The predicted molar refractivity (Wildman–Crippen MR) is 96.5 cm³/mol. The molecule has 27 heavy (non-hydrogen) atoms. The van der Waals surface area contributed by atoms with Gasteiger partial charge in [-0.05, 0) is 25.1 Å². The molecule has 2 heterocycles. The normalized spacial score (nSPS) is 22.2. The second kappa shape index (κ2) is 7.59. The van der Waals surface area contributed by atoms with Crippen LogP contribution in [-0.2, 0) is 9.59 Å². The van der Waals surface area contributed by atoms with Crippen molar-refractivity contribution in [3.05, 3.63) is 40.6 Å². The third-order valence-electron chi connectivity index (χ3n) is 4.21. The summed E-state index contributed by atoms with van der Waals surface area (Å²) in [5.41, 5.74) is 5.44. The lowest BCUT2D eigenvalue weighted by Crippen LogP contribution is -2.60. The Balaban J connectivity index is 1.82. The maximum absolute atomic E-state index is 12.2. The number of aliphatic carboxylic acids is 1. The number of carboxylic acids is 1. The van der Waals surface area contributed by atoms with Gasteiger partial charge in [-0.3, -0.25) is 14.5 Å². The molecule has 0 saturated carbocycles. The first-order valence-corrected chi connectivity index (χ1v) is 9.14. The molecule has 2 aliphatic heterocycles. The van der Waals surface area contributed by atoms with E-state index in [-0.39, 0.29) is 22.4 Å². The maximum Gasteiger partial charge on any atom is 0.357 e. The Hall–Kier alpha value is -2.56. The summed E-state index contributed by atoms with van der Waals surface area (Å²) >= 11 is 1.06. The van der Waals surface area contributed by atoms with Crippen molar-refractivity contribution < 1.29 is 29.3 Å². The lowest BCUT2D eigenvalue weighted by Gasteiger charge is -2.43. The lowest BCUT2D eigenvalue weighted by atomic mass is 9.92. The van der Waals surface area contributed by atoms with E-state index in [4.69, 9.17) is 10.5 Å². The van der Waals surface area contributed by atoms with Gasteiger partial charge in [0, 0.05) is 18.7 Å². The van der Waals surface area contributed by atoms with Crippen LogP contribution in [0, 0.1) is 5.92 Å². The number of nitrogens with two attached hydrogens (primary N) is 1. The number of carboxylic acid groups (broad SMARTS) is 1. The zero-order valence-electron chi connectivity index (χ0n) is 14.4. The zero-order chi connectivity index (χ0) is 19.7. The van der Waals surface area contributed by atoms with E-state index in [1.165, 1.54) is 13.0 Å². The van der Waals surface area contributed by atoms with E-state index in [1.807, 2.05) is 0 Å². The highest BCUT2D eigenvalue weighted by molar-refractivity contribution is 8.03. The highest BCUT2D eigenvalue weighted by Gasteiger charge is 2.58. The van der Waals surface area contributed by atoms with Gasteiger partial charge in [0.05, 0.1) is 12.0 Å². The highest BCUT2D eigenvalue weighted by atomic mass is 32.2. The molecule has 0 radical (unpaired) electrons. The fourth-order valence-corrected chi connectivity index (χ4v) is 4.38. The third kappa shape index (κ3) is 3.51. The number of thioether (sulfide) groups is 1. The molecular weight excluding hydrogens is 374 g/mol. The van der Waals surface area contributed by atoms with Crippen LogP contribution in [0.5, 0.6) is 5.75 Å². The van der Waals surface area contributed by atoms with Crippen molar-refractivity contribution in [3.8, 4) is 5.75 Å². The van der Waals surface area contributed by atoms with Gasteiger partial charge >= 0.3 is 5.97 Å². The number of nitrogens with one attached hydrogen (secondary N) is 1. The fourth-order valence-electron chi connectivity index (χ4n) is 2.92. The summed E-state index contributed by atoms with van der Waals surface area (Å²) in [4.78, 5) is 37.0. The molecule has 1 unspecified atom stereocenters. The van der Waals surface area contributed by atoms with Gasteiger partial charge in [-0.15, -0.1) is 0 Å². The predicted octanol–water partition coefficient (Wildman–Crippen LogP) is -0.0803. The van der Waals surface area contributed by atoms with Crippen LogP contribution in [0.2, 0.25) is 0 Å². The number of fused-ring (bicyclic) bond motifs is 1. The molecular formula is C17H19N3O6S. The van der Waals surface area contributed by atoms with E-state index in [0.717, 1.165) is 16.7 Å². The van der Waals surface area contributed by atoms with Gasteiger partial charge in [0.15, 0.2) is 10.8 Å². The van der Waals surface area contributed by atoms with Crippen LogP contribution in [0.3, 0.4) is 0 Å². The van der Waals surface area contributed by atoms with Gasteiger partial charge in [-0.25, -0.2) is 4.79 Å². The van der Waals surface area contributed by atoms with Crippen molar-refractivity contribution >= 4 is 29.5 Å². The van der Waals surface area contributed by atoms with Crippen molar-refractivity contribution in [3.63, 3.8) is 0 Å². The molecule has 9 nitrogen and oxygen atoms in total. The standard InChI is InChI=1S/C17H19N3O6S/c1-8(21)11-14(23)20-12(16(24)25)17(27-15(11)20)26-10-4-2-3-9(7-10)13(22)19-6-5-18/h2-4,7-8,11,15,21H,5-6,18H2,1H3,(H,19,22)(H,24,25)/t8-,11+,15?/m1/s1. The number of hydrogen-bond donors (Lipinski definition) is 4. The van der Waals surface area contributed by atoms with Crippen molar-refractivity contribution in [2.24, 2.45) is 11.7 Å². The molecule has 0 bridgehead atoms. The number of ether oxygens (including phenoxy) is 1. The number of aliphatic hydroxyl groups excluding tert-OH is 1. The zero-order valence-corrected chi connectivity index (χ0v) is 15.2. The largest absolute Gasteiger partial charge is 0.476 e. The molecule has 0 spiro atoms. The lowest BCUT2D eigenvalue weighted by molar-refractivity contribution is -0.156. The third-order valence-corrected chi connectivity index (χ3v) is 5.44. The van der Waals surface area contributed by atoms with Crippen molar-refractivity contribution in [1.82, 2.24) is 10.2 Å². The average Bonchev–Trinajstić information content (AvgIpc) is 2.93. The Labute approximate surface area is 159 Å². The minimum Gasteiger partial charge on any atom is -0.476 e. The van der Waals surface area contributed by atoms with E-state index in [9.17, 15) is 24.6 Å². The van der Waals surface area contributed by atoms with Gasteiger partial charge in [0.1, 0.15) is 11.1 Å². The number of rotatable bonds is 7. The molecule has 1 aromatic carbocycles. The molecule has 3 rings (SSSR count). The summed E-state index contributed by atoms with van der Waals surface area (Å²) in [6, 6.07) is 6.25. The Morgan fingerprint density at radius 1 is 1.44 bits per heavy atom. The number of carbonyl (C=O) groups excluding carboxylic acids is 2. The van der Waals surface area contributed by atoms with E-state index >= 15 is 0 Å². The summed E-state index contributed by atoms with van der Waals surface area (Å²) in [6.45, 7) is 2.12. The van der Waals surface area contributed by atoms with Crippen LogP contribution < -0.4 is 15.8 Å². The van der Waals surface area contributed by atoms with Crippen LogP contribution in [-0.4, -0.2) is 57.5 Å². The summed E-state index contributed by atoms with van der Waals surface area (Å²) in [5.74, 6) is -2.49. The van der Waals surface area contributed by atoms with E-state index in [2.05, 4.69) is 5.32 Å². The van der Waals surface area contributed by atoms with E-state index in [0.29, 0.717) is 18.7 Å². The molecule has 5 N–H and O–H groups in total. The van der Waals surface area contributed by atoms with Crippen molar-refractivity contribution in [2.45, 2.75) is 18.4 Å². The number of carbonyl (C=O) groups is 3. The summed E-state index contributed by atoms with van der Waals surface area (Å²) in [6.07, 6.45) is -0.893. The molecule has 1 aromatic rings. The van der Waals surface area contributed by atoms with Crippen LogP contribution in [0.25, 0.3) is 0 Å². The van der Waals surface area contributed by atoms with Crippen LogP contribution in [0.15, 0.2) is 35.1 Å². The molecule has 1 fully saturated rings. The van der Waals surface area contributed by atoms with Crippen LogP contribution in [0.4, 0.5) is 0 Å². The smallest absolute Gasteiger partial charge is 0.357 e. The number of hydrogen-bond acceptors (Lipinski definition) is 7. The molecule has 0 aliphatic carbocycles. The van der Waals surface area contributed by atoms with Crippen LogP contribution >= 0.6 is 11.8 Å². The second-order valence-corrected chi connectivity index (χ2v) is 7.19. The van der Waals surface area contributed by atoms with Crippen LogP contribution in [0.1, 0.15) is 17.3 Å². The summed E-state index contributed by atoms with van der Waals surface area (Å²) in [5, 5.41) is 21.4. The van der Waals surface area contributed by atoms with Gasteiger partial charge in [0.25, 0.3) is 5.91 Å². The van der Waals surface area contributed by atoms with E-state index < -0.39 is 29.3 Å². The van der Waals surface area contributed by atoms with Crippen molar-refractivity contribution in [2.75, 3.05) is 13.1 Å². The number of amides is 2. The van der Waals surface area contributed by atoms with Gasteiger partial charge in [-0.2, -0.15) is 0 Å². The highest BCUT2D eigenvalue weighted by Crippen LogP contribution is 2.50. The van der Waals surface area contributed by atoms with Crippen molar-refractivity contribution in [1.29, 1.82) is 0 Å². The SMILES string of the molecule is C[C@@H](O)[C@H]1C(=O)N2C(C(=O)O)=C(Oc3cccc(C(=O)NCCN)c3)SC12. The summed E-state index contributed by atoms with van der Waals surface area (Å²) in [7, 11) is 0. The Morgan fingerprint density at radius 3 is 2.81 bits per heavy atom. The molecule has 2 amide bonds. The monoisotopic (exact) mass is 393 g/mol. The second-order valence-electron chi connectivity index (χ2n) is 6.10. The molecule has 144 valence electrons.